The van der Waals surface area contributed by atoms with E-state index in [1.165, 1.54) is 0 Å². The summed E-state index contributed by atoms with van der Waals surface area (Å²) in [7, 11) is 0. The molecule has 3 aromatic rings. The number of carbonyl (C=O) groups is 1. The largest absolute Gasteiger partial charge is 0.439 e. The lowest BCUT2D eigenvalue weighted by Gasteiger charge is -2.05. The Bertz CT molecular complexity index is 846. The van der Waals surface area contributed by atoms with E-state index < -0.39 is 0 Å². The molecule has 0 fully saturated rings. The highest BCUT2D eigenvalue weighted by Gasteiger charge is 2.13. The van der Waals surface area contributed by atoms with Crippen LogP contribution in [0.25, 0.3) is 11.5 Å². The van der Waals surface area contributed by atoms with Gasteiger partial charge in [-0.05, 0) is 38.1 Å². The predicted molar refractivity (Wildman–Crippen MR) is 91.0 cm³/mol. The number of carbonyl (C=O) groups excluding carboxylic acids is 1. The molecule has 1 N–H and O–H groups in total. The maximum atomic E-state index is 11.8. The molecule has 25 heavy (non-hydrogen) atoms. The predicted octanol–water partition coefficient (Wildman–Crippen LogP) is 2.99. The first kappa shape index (κ1) is 16.6. The van der Waals surface area contributed by atoms with Crippen LogP contribution in [0.3, 0.4) is 0 Å². The molecule has 0 saturated carbocycles. The highest BCUT2D eigenvalue weighted by Crippen LogP contribution is 2.25. The third-order valence-electron chi connectivity index (χ3n) is 3.18. The molecule has 0 bridgehead atoms. The van der Waals surface area contributed by atoms with E-state index in [4.69, 9.17) is 9.26 Å². The van der Waals surface area contributed by atoms with Crippen LogP contribution in [-0.4, -0.2) is 27.1 Å². The zero-order valence-corrected chi connectivity index (χ0v) is 14.0. The lowest BCUT2D eigenvalue weighted by atomic mass is 10.2. The van der Waals surface area contributed by atoms with Crippen LogP contribution in [0.2, 0.25) is 0 Å². The normalized spacial score (nSPS) is 10.7. The number of nitrogens with zero attached hydrogens (tertiary/aromatic N) is 3. The van der Waals surface area contributed by atoms with E-state index in [0.717, 1.165) is 0 Å². The average molecular weight is 338 g/mol. The molecular formula is C18H18N4O3. The van der Waals surface area contributed by atoms with Gasteiger partial charge < -0.3 is 14.6 Å². The van der Waals surface area contributed by atoms with Gasteiger partial charge in [0.25, 0.3) is 5.89 Å². The van der Waals surface area contributed by atoms with Crippen LogP contribution in [0.5, 0.6) is 11.6 Å². The number of hydrogen-bond acceptors (Lipinski definition) is 6. The summed E-state index contributed by atoms with van der Waals surface area (Å²) >= 11 is 0. The summed E-state index contributed by atoms with van der Waals surface area (Å²) in [5, 5.41) is 6.64. The highest BCUT2D eigenvalue weighted by atomic mass is 16.5. The minimum atomic E-state index is -0.144. The van der Waals surface area contributed by atoms with Gasteiger partial charge in [0.2, 0.25) is 11.8 Å². The summed E-state index contributed by atoms with van der Waals surface area (Å²) in [6, 6.07) is 12.7. The van der Waals surface area contributed by atoms with Crippen molar-refractivity contribution in [2.45, 2.75) is 26.3 Å². The van der Waals surface area contributed by atoms with Gasteiger partial charge in [0.1, 0.15) is 5.75 Å². The smallest absolute Gasteiger partial charge is 0.258 e. The molecule has 3 rings (SSSR count). The number of benzene rings is 1. The molecule has 7 heteroatoms. The average Bonchev–Trinajstić information content (AvgIpc) is 3.03. The van der Waals surface area contributed by atoms with E-state index in [2.05, 4.69) is 20.4 Å². The number of amides is 1. The lowest BCUT2D eigenvalue weighted by molar-refractivity contribution is -0.121. The van der Waals surface area contributed by atoms with Crippen molar-refractivity contribution < 1.29 is 14.1 Å². The van der Waals surface area contributed by atoms with Gasteiger partial charge in [0.15, 0.2) is 5.82 Å². The van der Waals surface area contributed by atoms with Crippen molar-refractivity contribution >= 4 is 5.91 Å². The van der Waals surface area contributed by atoms with Crippen molar-refractivity contribution in [1.82, 2.24) is 20.4 Å². The molecular weight excluding hydrogens is 320 g/mol. The van der Waals surface area contributed by atoms with E-state index in [1.54, 1.807) is 18.3 Å². The lowest BCUT2D eigenvalue weighted by Crippen LogP contribution is -2.31. The molecule has 0 saturated heterocycles. The van der Waals surface area contributed by atoms with Crippen molar-refractivity contribution in [2.24, 2.45) is 0 Å². The topological polar surface area (TPSA) is 90.1 Å². The monoisotopic (exact) mass is 338 g/mol. The van der Waals surface area contributed by atoms with E-state index in [0.29, 0.717) is 28.9 Å². The number of ether oxygens (including phenoxy) is 1. The summed E-state index contributed by atoms with van der Waals surface area (Å²) in [6.45, 7) is 3.79. The number of rotatable bonds is 6. The first-order chi connectivity index (χ1) is 12.1. The fraction of sp³-hybridized carbons (Fsp3) is 0.222. The Labute approximate surface area is 145 Å². The molecule has 0 atom stereocenters. The maximum absolute atomic E-state index is 11.8. The molecule has 1 aromatic carbocycles. The Morgan fingerprint density at radius 2 is 2.12 bits per heavy atom. The van der Waals surface area contributed by atoms with Gasteiger partial charge in [-0.2, -0.15) is 4.98 Å². The molecule has 0 aliphatic heterocycles. The molecule has 0 spiro atoms. The molecule has 0 radical (unpaired) electrons. The van der Waals surface area contributed by atoms with Crippen LogP contribution in [0.1, 0.15) is 19.7 Å². The zero-order chi connectivity index (χ0) is 17.6. The van der Waals surface area contributed by atoms with Gasteiger partial charge in [0.05, 0.1) is 6.42 Å². The van der Waals surface area contributed by atoms with Crippen molar-refractivity contribution in [3.8, 4) is 23.1 Å². The molecule has 2 heterocycles. The number of aromatic nitrogens is 3. The van der Waals surface area contributed by atoms with E-state index in [9.17, 15) is 4.79 Å². The first-order valence-electron chi connectivity index (χ1n) is 7.91. The highest BCUT2D eigenvalue weighted by molar-refractivity contribution is 5.78. The van der Waals surface area contributed by atoms with Crippen LogP contribution in [0.4, 0.5) is 0 Å². The summed E-state index contributed by atoms with van der Waals surface area (Å²) in [5.41, 5.74) is 0.705. The minimum Gasteiger partial charge on any atom is -0.439 e. The van der Waals surface area contributed by atoms with E-state index in [-0.39, 0.29) is 18.4 Å². The number of pyridine rings is 1. The van der Waals surface area contributed by atoms with Crippen molar-refractivity contribution in [3.63, 3.8) is 0 Å². The van der Waals surface area contributed by atoms with Crippen LogP contribution in [0, 0.1) is 0 Å². The van der Waals surface area contributed by atoms with E-state index >= 15 is 0 Å². The third kappa shape index (κ3) is 4.63. The van der Waals surface area contributed by atoms with Crippen molar-refractivity contribution in [2.75, 3.05) is 0 Å². The Morgan fingerprint density at radius 1 is 1.24 bits per heavy atom. The van der Waals surface area contributed by atoms with Gasteiger partial charge in [-0.25, -0.2) is 4.98 Å². The summed E-state index contributed by atoms with van der Waals surface area (Å²) in [6.07, 6.45) is 1.73. The van der Waals surface area contributed by atoms with Crippen molar-refractivity contribution in [1.29, 1.82) is 0 Å². The standard InChI is InChI=1S/C18H18N4O3/c1-12(2)20-16(23)11-15-21-18(25-22-15)13-6-5-7-14(10-13)24-17-8-3-4-9-19-17/h3-10,12H,11H2,1-2H3,(H,20,23). The summed E-state index contributed by atoms with van der Waals surface area (Å²) < 4.78 is 10.9. The Balaban J connectivity index is 1.72. The van der Waals surface area contributed by atoms with Crippen LogP contribution >= 0.6 is 0 Å². The molecule has 7 nitrogen and oxygen atoms in total. The Hall–Kier alpha value is -3.22. The molecule has 0 aliphatic carbocycles. The second kappa shape index (κ2) is 7.57. The zero-order valence-electron chi connectivity index (χ0n) is 14.0. The van der Waals surface area contributed by atoms with Gasteiger partial charge in [-0.3, -0.25) is 4.79 Å². The Morgan fingerprint density at radius 3 is 2.88 bits per heavy atom. The van der Waals surface area contributed by atoms with Crippen LogP contribution in [-0.2, 0) is 11.2 Å². The minimum absolute atomic E-state index is 0.0688. The number of nitrogens with one attached hydrogen (secondary N) is 1. The maximum Gasteiger partial charge on any atom is 0.258 e. The summed E-state index contributed by atoms with van der Waals surface area (Å²) in [4.78, 5) is 20.2. The van der Waals surface area contributed by atoms with Gasteiger partial charge >= 0.3 is 0 Å². The fourth-order valence-electron chi connectivity index (χ4n) is 2.18. The molecule has 0 aliphatic rings. The fourth-order valence-corrected chi connectivity index (χ4v) is 2.18. The molecule has 2 aromatic heterocycles. The first-order valence-corrected chi connectivity index (χ1v) is 7.91. The van der Waals surface area contributed by atoms with Gasteiger partial charge in [-0.15, -0.1) is 0 Å². The van der Waals surface area contributed by atoms with E-state index in [1.807, 2.05) is 44.2 Å². The van der Waals surface area contributed by atoms with Crippen molar-refractivity contribution in [3.05, 3.63) is 54.5 Å². The third-order valence-corrected chi connectivity index (χ3v) is 3.18. The van der Waals surface area contributed by atoms with Crippen LogP contribution in [0.15, 0.2) is 53.2 Å². The molecule has 1 amide bonds. The molecule has 0 unspecified atom stereocenters. The SMILES string of the molecule is CC(C)NC(=O)Cc1noc(-c2cccc(Oc3ccccn3)c2)n1. The molecule has 128 valence electrons. The second-order valence-electron chi connectivity index (χ2n) is 5.71. The number of hydrogen-bond donors (Lipinski definition) is 1. The Kier molecular flexibility index (Phi) is 5.03. The van der Waals surface area contributed by atoms with Crippen LogP contribution < -0.4 is 10.1 Å². The van der Waals surface area contributed by atoms with Gasteiger partial charge in [-0.1, -0.05) is 17.3 Å². The summed E-state index contributed by atoms with van der Waals surface area (Å²) in [5.74, 6) is 1.63. The quantitative estimate of drug-likeness (QED) is 0.743. The van der Waals surface area contributed by atoms with Gasteiger partial charge in [0, 0.05) is 23.9 Å². The second-order valence-corrected chi connectivity index (χ2v) is 5.71.